The maximum Gasteiger partial charge on any atom is 0.308 e. The van der Waals surface area contributed by atoms with Gasteiger partial charge in [0.25, 0.3) is 11.7 Å². The fraction of sp³-hybridized carbons (Fsp3) is 0.462. The first-order chi connectivity index (χ1) is 9.79. The third-order valence-electron chi connectivity index (χ3n) is 3.32. The molecule has 0 aromatic carbocycles. The first kappa shape index (κ1) is 14.9. The standard InChI is InChI=1S/C13H17N5O3/c1-6-5-7(2)18-13(14-6)16-10(17-18)11(19)15-9(4)8(3)12(20)21/h5,8-9H,1-4H3,(H,15,19)(H,20,21). The fourth-order valence-electron chi connectivity index (χ4n) is 1.87. The molecule has 2 aromatic rings. The predicted octanol–water partition coefficient (Wildman–Crippen LogP) is 0.580. The lowest BCUT2D eigenvalue weighted by atomic mass is 10.0. The highest BCUT2D eigenvalue weighted by molar-refractivity contribution is 5.91. The number of aryl methyl sites for hydroxylation is 2. The van der Waals surface area contributed by atoms with Crippen molar-refractivity contribution < 1.29 is 14.7 Å². The first-order valence-corrected chi connectivity index (χ1v) is 6.54. The second kappa shape index (κ2) is 5.47. The van der Waals surface area contributed by atoms with Gasteiger partial charge in [-0.15, -0.1) is 5.10 Å². The Morgan fingerprint density at radius 2 is 1.95 bits per heavy atom. The van der Waals surface area contributed by atoms with Gasteiger partial charge in [0.2, 0.25) is 5.82 Å². The Kier molecular flexibility index (Phi) is 3.88. The quantitative estimate of drug-likeness (QED) is 0.852. The molecule has 0 radical (unpaired) electrons. The van der Waals surface area contributed by atoms with E-state index in [9.17, 15) is 9.59 Å². The van der Waals surface area contributed by atoms with Crippen LogP contribution >= 0.6 is 0 Å². The van der Waals surface area contributed by atoms with E-state index in [0.717, 1.165) is 11.4 Å². The predicted molar refractivity (Wildman–Crippen MR) is 74.0 cm³/mol. The third kappa shape index (κ3) is 2.99. The monoisotopic (exact) mass is 291 g/mol. The van der Waals surface area contributed by atoms with Gasteiger partial charge in [-0.1, -0.05) is 0 Å². The Morgan fingerprint density at radius 3 is 2.57 bits per heavy atom. The van der Waals surface area contributed by atoms with Crippen molar-refractivity contribution in [1.82, 2.24) is 24.9 Å². The molecule has 2 heterocycles. The molecule has 2 rings (SSSR count). The van der Waals surface area contributed by atoms with Crippen LogP contribution in [-0.2, 0) is 4.79 Å². The molecule has 8 nitrogen and oxygen atoms in total. The van der Waals surface area contributed by atoms with Crippen LogP contribution in [0.2, 0.25) is 0 Å². The number of amides is 1. The van der Waals surface area contributed by atoms with Crippen LogP contribution in [0.5, 0.6) is 0 Å². The van der Waals surface area contributed by atoms with Crippen molar-refractivity contribution in [1.29, 1.82) is 0 Å². The van der Waals surface area contributed by atoms with Crippen molar-refractivity contribution in [2.75, 3.05) is 0 Å². The Labute approximate surface area is 121 Å². The summed E-state index contributed by atoms with van der Waals surface area (Å²) in [5.74, 6) is -1.87. The Balaban J connectivity index is 2.24. The molecule has 0 saturated carbocycles. The highest BCUT2D eigenvalue weighted by atomic mass is 16.4. The van der Waals surface area contributed by atoms with Gasteiger partial charge < -0.3 is 10.4 Å². The summed E-state index contributed by atoms with van der Waals surface area (Å²) in [6, 6.07) is 1.30. The van der Waals surface area contributed by atoms with Crippen LogP contribution in [-0.4, -0.2) is 42.6 Å². The van der Waals surface area contributed by atoms with Gasteiger partial charge in [0.1, 0.15) is 0 Å². The van der Waals surface area contributed by atoms with Gasteiger partial charge in [0.15, 0.2) is 0 Å². The zero-order valence-corrected chi connectivity index (χ0v) is 12.3. The lowest BCUT2D eigenvalue weighted by molar-refractivity contribution is -0.141. The lowest BCUT2D eigenvalue weighted by Crippen LogP contribution is -2.40. The number of nitrogens with one attached hydrogen (secondary N) is 1. The highest BCUT2D eigenvalue weighted by Gasteiger charge is 2.23. The van der Waals surface area contributed by atoms with Crippen molar-refractivity contribution in [2.24, 2.45) is 5.92 Å². The maximum atomic E-state index is 12.1. The summed E-state index contributed by atoms with van der Waals surface area (Å²) in [4.78, 5) is 31.2. The van der Waals surface area contributed by atoms with Gasteiger partial charge in [-0.05, 0) is 33.8 Å². The molecule has 21 heavy (non-hydrogen) atoms. The van der Waals surface area contributed by atoms with Gasteiger partial charge in [-0.25, -0.2) is 9.50 Å². The van der Waals surface area contributed by atoms with Crippen molar-refractivity contribution in [3.8, 4) is 0 Å². The van der Waals surface area contributed by atoms with E-state index < -0.39 is 23.8 Å². The molecule has 0 aliphatic carbocycles. The second-order valence-corrected chi connectivity index (χ2v) is 5.08. The Bertz CT molecular complexity index is 709. The number of hydrogen-bond donors (Lipinski definition) is 2. The zero-order valence-electron chi connectivity index (χ0n) is 12.3. The minimum Gasteiger partial charge on any atom is -0.481 e. The minimum atomic E-state index is -0.973. The molecule has 112 valence electrons. The van der Waals surface area contributed by atoms with Crippen molar-refractivity contribution in [3.63, 3.8) is 0 Å². The summed E-state index contributed by atoms with van der Waals surface area (Å²) in [7, 11) is 0. The van der Waals surface area contributed by atoms with Crippen LogP contribution in [0.1, 0.15) is 35.9 Å². The van der Waals surface area contributed by atoms with E-state index in [2.05, 4.69) is 20.4 Å². The number of carboxylic acids is 1. The topological polar surface area (TPSA) is 109 Å². The van der Waals surface area contributed by atoms with Crippen LogP contribution in [0.25, 0.3) is 5.78 Å². The van der Waals surface area contributed by atoms with E-state index in [1.165, 1.54) is 11.4 Å². The smallest absolute Gasteiger partial charge is 0.308 e. The molecule has 0 aliphatic rings. The van der Waals surface area contributed by atoms with Gasteiger partial charge in [0, 0.05) is 17.4 Å². The molecule has 0 aliphatic heterocycles. The number of hydrogen-bond acceptors (Lipinski definition) is 5. The number of rotatable bonds is 4. The molecule has 0 saturated heterocycles. The molecule has 1 amide bonds. The van der Waals surface area contributed by atoms with E-state index in [4.69, 9.17) is 5.11 Å². The molecule has 2 N–H and O–H groups in total. The van der Waals surface area contributed by atoms with Crippen molar-refractivity contribution >= 4 is 17.7 Å². The average molecular weight is 291 g/mol. The molecule has 0 fully saturated rings. The van der Waals surface area contributed by atoms with Crippen molar-refractivity contribution in [2.45, 2.75) is 33.7 Å². The van der Waals surface area contributed by atoms with Crippen LogP contribution in [0.4, 0.5) is 0 Å². The normalized spacial score (nSPS) is 13.9. The van der Waals surface area contributed by atoms with Crippen LogP contribution in [0.3, 0.4) is 0 Å². The van der Waals surface area contributed by atoms with E-state index in [1.807, 2.05) is 19.9 Å². The minimum absolute atomic E-state index is 0.0272. The summed E-state index contributed by atoms with van der Waals surface area (Å²) in [5, 5.41) is 15.6. The molecule has 2 unspecified atom stereocenters. The molecule has 0 spiro atoms. The molecule has 8 heteroatoms. The van der Waals surface area contributed by atoms with Gasteiger partial charge in [-0.2, -0.15) is 4.98 Å². The molecular formula is C13H17N5O3. The van der Waals surface area contributed by atoms with Gasteiger partial charge >= 0.3 is 5.97 Å². The average Bonchev–Trinajstić information content (AvgIpc) is 2.81. The number of carbonyl (C=O) groups is 2. The van der Waals surface area contributed by atoms with Crippen LogP contribution < -0.4 is 5.32 Å². The van der Waals surface area contributed by atoms with E-state index in [-0.39, 0.29) is 5.82 Å². The summed E-state index contributed by atoms with van der Waals surface area (Å²) in [6.07, 6.45) is 0. The number of nitrogens with zero attached hydrogens (tertiary/aromatic N) is 4. The number of carboxylic acid groups (broad SMARTS) is 1. The molecular weight excluding hydrogens is 274 g/mol. The number of fused-ring (bicyclic) bond motifs is 1. The maximum absolute atomic E-state index is 12.1. The summed E-state index contributed by atoms with van der Waals surface area (Å²) in [6.45, 7) is 6.82. The number of aliphatic carboxylic acids is 1. The largest absolute Gasteiger partial charge is 0.481 e. The molecule has 2 aromatic heterocycles. The van der Waals surface area contributed by atoms with Crippen LogP contribution in [0, 0.1) is 19.8 Å². The zero-order chi connectivity index (χ0) is 15.7. The van der Waals surface area contributed by atoms with E-state index in [0.29, 0.717) is 5.78 Å². The summed E-state index contributed by atoms with van der Waals surface area (Å²) in [5.41, 5.74) is 1.60. The Morgan fingerprint density at radius 1 is 1.29 bits per heavy atom. The van der Waals surface area contributed by atoms with E-state index >= 15 is 0 Å². The van der Waals surface area contributed by atoms with Crippen LogP contribution in [0.15, 0.2) is 6.07 Å². The fourth-order valence-corrected chi connectivity index (χ4v) is 1.87. The third-order valence-corrected chi connectivity index (χ3v) is 3.32. The Hall–Kier alpha value is -2.51. The highest BCUT2D eigenvalue weighted by Crippen LogP contribution is 2.07. The lowest BCUT2D eigenvalue weighted by Gasteiger charge is -2.16. The summed E-state index contributed by atoms with van der Waals surface area (Å²) < 4.78 is 1.48. The van der Waals surface area contributed by atoms with E-state index in [1.54, 1.807) is 6.92 Å². The number of carbonyl (C=O) groups excluding carboxylic acids is 1. The van der Waals surface area contributed by atoms with Gasteiger partial charge in [0.05, 0.1) is 5.92 Å². The second-order valence-electron chi connectivity index (χ2n) is 5.08. The van der Waals surface area contributed by atoms with Gasteiger partial charge in [-0.3, -0.25) is 9.59 Å². The number of aromatic nitrogens is 4. The SMILES string of the molecule is Cc1cc(C)n2nc(C(=O)NC(C)C(C)C(=O)O)nc2n1. The van der Waals surface area contributed by atoms with Crippen molar-refractivity contribution in [3.05, 3.63) is 23.3 Å². The molecule has 2 atom stereocenters. The summed E-state index contributed by atoms with van der Waals surface area (Å²) >= 11 is 0. The first-order valence-electron chi connectivity index (χ1n) is 6.54. The molecule has 0 bridgehead atoms.